The molecule has 0 atom stereocenters. The number of halogens is 3. The molecule has 3 aromatic rings. The van der Waals surface area contributed by atoms with Gasteiger partial charge < -0.3 is 14.2 Å². The summed E-state index contributed by atoms with van der Waals surface area (Å²) in [5, 5.41) is -0.216. The molecular weight excluding hydrogens is 447 g/mol. The maximum Gasteiger partial charge on any atom is 0.433 e. The fourth-order valence-electron chi connectivity index (χ4n) is 3.62. The van der Waals surface area contributed by atoms with Crippen LogP contribution in [0.25, 0.3) is 11.0 Å². The van der Waals surface area contributed by atoms with Gasteiger partial charge in [-0.15, -0.1) is 0 Å². The van der Waals surface area contributed by atoms with E-state index in [1.165, 1.54) is 29.2 Å². The van der Waals surface area contributed by atoms with Crippen LogP contribution in [0.2, 0.25) is 0 Å². The largest absolute Gasteiger partial charge is 0.459 e. The van der Waals surface area contributed by atoms with Gasteiger partial charge in [0, 0.05) is 33.2 Å². The Kier molecular flexibility index (Phi) is 5.56. The number of hydrogen-bond donors (Lipinski definition) is 0. The van der Waals surface area contributed by atoms with Crippen molar-refractivity contribution in [1.82, 2.24) is 23.9 Å². The van der Waals surface area contributed by atoms with Crippen molar-refractivity contribution < 1.29 is 27.2 Å². The molecule has 174 valence electrons. The van der Waals surface area contributed by atoms with Crippen LogP contribution in [-0.2, 0) is 24.6 Å². The zero-order valence-electron chi connectivity index (χ0n) is 17.3. The molecule has 1 aliphatic heterocycles. The number of piperazine rings is 1. The number of carbonyl (C=O) groups excluding carboxylic acids is 2. The summed E-state index contributed by atoms with van der Waals surface area (Å²) in [6.07, 6.45) is -3.36. The molecule has 1 saturated heterocycles. The molecule has 0 aromatic carbocycles. The van der Waals surface area contributed by atoms with Crippen LogP contribution in [-0.4, -0.2) is 61.9 Å². The minimum atomic E-state index is -4.74. The SMILES string of the molecule is Cn1c(=O)n(CC(=O)N2CCN(C(=O)c3ccco3)CC2)c(=O)c2ccc(C(F)(F)F)nc21. The van der Waals surface area contributed by atoms with Gasteiger partial charge in [-0.05, 0) is 24.3 Å². The minimum Gasteiger partial charge on any atom is -0.459 e. The maximum atomic E-state index is 12.9. The van der Waals surface area contributed by atoms with Gasteiger partial charge >= 0.3 is 11.9 Å². The molecule has 0 spiro atoms. The number of aromatic nitrogens is 3. The van der Waals surface area contributed by atoms with Crippen LogP contribution in [0.5, 0.6) is 0 Å². The van der Waals surface area contributed by atoms with E-state index in [4.69, 9.17) is 4.42 Å². The van der Waals surface area contributed by atoms with E-state index in [0.29, 0.717) is 10.6 Å². The highest BCUT2D eigenvalue weighted by Gasteiger charge is 2.33. The molecular formula is C20H18F3N5O5. The standard InChI is InChI=1S/C20H18F3N5O5/c1-25-16-12(4-5-14(24-16)20(21,22)23)17(30)28(19(25)32)11-15(29)26-6-8-27(9-7-26)18(31)13-3-2-10-33-13/h2-5,10H,6-9,11H2,1H3. The highest BCUT2D eigenvalue weighted by Crippen LogP contribution is 2.28. The van der Waals surface area contributed by atoms with Crippen LogP contribution >= 0.6 is 0 Å². The Bertz CT molecular complexity index is 1340. The van der Waals surface area contributed by atoms with Gasteiger partial charge in [0.1, 0.15) is 17.9 Å². The van der Waals surface area contributed by atoms with E-state index < -0.39 is 41.2 Å². The molecule has 13 heteroatoms. The summed E-state index contributed by atoms with van der Waals surface area (Å²) in [5.74, 6) is -0.653. The lowest BCUT2D eigenvalue weighted by Gasteiger charge is -2.34. The lowest BCUT2D eigenvalue weighted by Crippen LogP contribution is -2.52. The van der Waals surface area contributed by atoms with E-state index in [1.54, 1.807) is 6.07 Å². The number of nitrogens with zero attached hydrogens (tertiary/aromatic N) is 5. The quantitative estimate of drug-likeness (QED) is 0.563. The van der Waals surface area contributed by atoms with E-state index in [9.17, 15) is 32.3 Å². The van der Waals surface area contributed by atoms with Crippen molar-refractivity contribution in [3.63, 3.8) is 0 Å². The van der Waals surface area contributed by atoms with Crippen LogP contribution in [0.15, 0.2) is 44.5 Å². The molecule has 0 bridgehead atoms. The summed E-state index contributed by atoms with van der Waals surface area (Å²) in [7, 11) is 1.18. The molecule has 3 aromatic heterocycles. The molecule has 0 saturated carbocycles. The number of carbonyl (C=O) groups is 2. The highest BCUT2D eigenvalue weighted by atomic mass is 19.4. The second-order valence-electron chi connectivity index (χ2n) is 7.45. The predicted octanol–water partition coefficient (Wildman–Crippen LogP) is 0.692. The number of furan rings is 1. The van der Waals surface area contributed by atoms with Crippen LogP contribution in [0.4, 0.5) is 13.2 Å². The van der Waals surface area contributed by atoms with Crippen LogP contribution in [0.1, 0.15) is 16.2 Å². The molecule has 1 aliphatic rings. The normalized spacial score (nSPS) is 14.7. The fourth-order valence-corrected chi connectivity index (χ4v) is 3.62. The van der Waals surface area contributed by atoms with Crippen molar-refractivity contribution in [2.75, 3.05) is 26.2 Å². The molecule has 33 heavy (non-hydrogen) atoms. The van der Waals surface area contributed by atoms with Crippen LogP contribution < -0.4 is 11.2 Å². The number of amides is 2. The number of alkyl halides is 3. The Hall–Kier alpha value is -3.90. The summed E-state index contributed by atoms with van der Waals surface area (Å²) in [6, 6.07) is 4.71. The number of pyridine rings is 1. The molecule has 0 aliphatic carbocycles. The van der Waals surface area contributed by atoms with E-state index >= 15 is 0 Å². The van der Waals surface area contributed by atoms with Gasteiger partial charge in [-0.25, -0.2) is 9.78 Å². The highest BCUT2D eigenvalue weighted by molar-refractivity contribution is 5.91. The molecule has 10 nitrogen and oxygen atoms in total. The molecule has 0 radical (unpaired) electrons. The Morgan fingerprint density at radius 3 is 2.33 bits per heavy atom. The van der Waals surface area contributed by atoms with Crippen molar-refractivity contribution >= 4 is 22.8 Å². The number of hydrogen-bond acceptors (Lipinski definition) is 6. The van der Waals surface area contributed by atoms with E-state index in [-0.39, 0.29) is 43.2 Å². The van der Waals surface area contributed by atoms with Crippen molar-refractivity contribution in [1.29, 1.82) is 0 Å². The molecule has 2 amide bonds. The van der Waals surface area contributed by atoms with Crippen molar-refractivity contribution in [2.45, 2.75) is 12.7 Å². The average Bonchev–Trinajstić information content (AvgIpc) is 3.34. The summed E-state index contributed by atoms with van der Waals surface area (Å²) >= 11 is 0. The maximum absolute atomic E-state index is 12.9. The van der Waals surface area contributed by atoms with Crippen molar-refractivity contribution in [2.24, 2.45) is 7.05 Å². The summed E-state index contributed by atoms with van der Waals surface area (Å²) in [4.78, 5) is 56.8. The zero-order chi connectivity index (χ0) is 23.9. The van der Waals surface area contributed by atoms with Crippen molar-refractivity contribution in [3.8, 4) is 0 Å². The summed E-state index contributed by atoms with van der Waals surface area (Å²) < 4.78 is 45.4. The number of aryl methyl sites for hydroxylation is 1. The topological polar surface area (TPSA) is 111 Å². The second-order valence-corrected chi connectivity index (χ2v) is 7.45. The zero-order valence-corrected chi connectivity index (χ0v) is 17.3. The van der Waals surface area contributed by atoms with Crippen LogP contribution in [0.3, 0.4) is 0 Å². The Morgan fingerprint density at radius 2 is 1.73 bits per heavy atom. The lowest BCUT2D eigenvalue weighted by molar-refractivity contribution is -0.141. The van der Waals surface area contributed by atoms with Crippen molar-refractivity contribution in [3.05, 3.63) is 62.8 Å². The molecule has 4 heterocycles. The van der Waals surface area contributed by atoms with E-state index in [0.717, 1.165) is 10.6 Å². The first-order valence-corrected chi connectivity index (χ1v) is 9.86. The van der Waals surface area contributed by atoms with Gasteiger partial charge in [-0.1, -0.05) is 0 Å². The minimum absolute atomic E-state index is 0.184. The third-order valence-electron chi connectivity index (χ3n) is 5.42. The van der Waals surface area contributed by atoms with Gasteiger partial charge in [0.15, 0.2) is 5.76 Å². The van der Waals surface area contributed by atoms with E-state index in [1.807, 2.05) is 0 Å². The second kappa shape index (κ2) is 8.22. The fraction of sp³-hybridized carbons (Fsp3) is 0.350. The summed E-state index contributed by atoms with van der Waals surface area (Å²) in [5.41, 5.74) is -3.53. The Morgan fingerprint density at radius 1 is 1.06 bits per heavy atom. The van der Waals surface area contributed by atoms with Gasteiger partial charge in [-0.3, -0.25) is 23.5 Å². The Labute approximate surface area is 183 Å². The Balaban J connectivity index is 1.53. The summed E-state index contributed by atoms with van der Waals surface area (Å²) in [6.45, 7) is 0.254. The average molecular weight is 465 g/mol. The number of rotatable bonds is 3. The molecule has 0 N–H and O–H groups in total. The smallest absolute Gasteiger partial charge is 0.433 e. The monoisotopic (exact) mass is 465 g/mol. The first kappa shape index (κ1) is 22.3. The predicted molar refractivity (Wildman–Crippen MR) is 107 cm³/mol. The third kappa shape index (κ3) is 4.13. The van der Waals surface area contributed by atoms with Gasteiger partial charge in [0.05, 0.1) is 11.6 Å². The van der Waals surface area contributed by atoms with Gasteiger partial charge in [0.2, 0.25) is 5.91 Å². The molecule has 1 fully saturated rings. The first-order valence-electron chi connectivity index (χ1n) is 9.86. The molecule has 0 unspecified atom stereocenters. The lowest BCUT2D eigenvalue weighted by atomic mass is 10.2. The van der Waals surface area contributed by atoms with Gasteiger partial charge in [-0.2, -0.15) is 13.2 Å². The molecule has 4 rings (SSSR count). The van der Waals surface area contributed by atoms with Gasteiger partial charge in [0.25, 0.3) is 11.5 Å². The first-order chi connectivity index (χ1) is 15.6. The third-order valence-corrected chi connectivity index (χ3v) is 5.42. The van der Waals surface area contributed by atoms with E-state index in [2.05, 4.69) is 4.98 Å². The number of fused-ring (bicyclic) bond motifs is 1. The van der Waals surface area contributed by atoms with Crippen LogP contribution in [0, 0.1) is 0 Å².